The lowest BCUT2D eigenvalue weighted by Gasteiger charge is -2.33. The molecule has 32 heavy (non-hydrogen) atoms. The fourth-order valence-corrected chi connectivity index (χ4v) is 4.89. The van der Waals surface area contributed by atoms with Gasteiger partial charge >= 0.3 is 0 Å². The fraction of sp³-hybridized carbons (Fsp3) is 0.480. The van der Waals surface area contributed by atoms with Gasteiger partial charge in [-0.15, -0.1) is 0 Å². The number of ether oxygens (including phenoxy) is 1. The number of H-pyrrole nitrogens is 1. The number of carbonyl (C=O) groups is 1. The lowest BCUT2D eigenvalue weighted by atomic mass is 9.95. The zero-order valence-electron chi connectivity index (χ0n) is 18.4. The van der Waals surface area contributed by atoms with Gasteiger partial charge in [-0.1, -0.05) is 49.6 Å². The number of aryl methyl sites for hydroxylation is 1. The van der Waals surface area contributed by atoms with Gasteiger partial charge in [0.1, 0.15) is 11.9 Å². The molecule has 0 bridgehead atoms. The monoisotopic (exact) mass is 433 g/mol. The van der Waals surface area contributed by atoms with Gasteiger partial charge in [-0.25, -0.2) is 4.98 Å². The third-order valence-electron chi connectivity index (χ3n) is 6.67. The maximum atomic E-state index is 13.0. The van der Waals surface area contributed by atoms with Crippen molar-refractivity contribution in [3.63, 3.8) is 0 Å². The van der Waals surface area contributed by atoms with E-state index < -0.39 is 0 Å². The Morgan fingerprint density at radius 1 is 1.16 bits per heavy atom. The number of nitrogens with one attached hydrogen (secondary N) is 2. The molecule has 168 valence electrons. The molecule has 1 saturated heterocycles. The summed E-state index contributed by atoms with van der Waals surface area (Å²) in [5.41, 5.74) is 3.00. The summed E-state index contributed by atoms with van der Waals surface area (Å²) in [6, 6.07) is 12.5. The number of rotatable bonds is 6. The van der Waals surface area contributed by atoms with Crippen molar-refractivity contribution >= 4 is 22.6 Å². The molecule has 3 aromatic rings. The third-order valence-corrected chi connectivity index (χ3v) is 6.67. The van der Waals surface area contributed by atoms with Crippen LogP contribution in [0.3, 0.4) is 0 Å². The molecule has 0 spiro atoms. The minimum atomic E-state index is -0.0580. The predicted octanol–water partition coefficient (Wildman–Crippen LogP) is 4.24. The van der Waals surface area contributed by atoms with Crippen molar-refractivity contribution in [2.24, 2.45) is 0 Å². The molecule has 2 N–H and O–H groups in total. The molecule has 3 heterocycles. The molecular formula is C25H31N5O2. The first-order chi connectivity index (χ1) is 15.8. The van der Waals surface area contributed by atoms with Gasteiger partial charge in [0.2, 0.25) is 5.91 Å². The number of carbonyl (C=O) groups excluding carboxylic acids is 1. The van der Waals surface area contributed by atoms with Crippen molar-refractivity contribution in [2.45, 2.75) is 57.1 Å². The third kappa shape index (κ3) is 4.63. The summed E-state index contributed by atoms with van der Waals surface area (Å²) in [5, 5.41) is 12.3. The molecule has 1 unspecified atom stereocenters. The molecule has 1 aliphatic heterocycles. The topological polar surface area (TPSA) is 83.1 Å². The van der Waals surface area contributed by atoms with Crippen molar-refractivity contribution in [3.05, 3.63) is 53.9 Å². The van der Waals surface area contributed by atoms with Crippen LogP contribution in [0.4, 0.5) is 5.82 Å². The molecule has 0 radical (unpaired) electrons. The van der Waals surface area contributed by atoms with E-state index in [-0.39, 0.29) is 12.0 Å². The number of benzene rings is 1. The summed E-state index contributed by atoms with van der Waals surface area (Å²) in [7, 11) is 0. The van der Waals surface area contributed by atoms with E-state index in [2.05, 4.69) is 32.6 Å². The molecule has 7 nitrogen and oxygen atoms in total. The van der Waals surface area contributed by atoms with Crippen LogP contribution < -0.4 is 5.32 Å². The van der Waals surface area contributed by atoms with E-state index in [1.807, 2.05) is 29.2 Å². The van der Waals surface area contributed by atoms with E-state index in [0.29, 0.717) is 38.6 Å². The fourth-order valence-electron chi connectivity index (χ4n) is 4.89. The second-order valence-electron chi connectivity index (χ2n) is 8.84. The van der Waals surface area contributed by atoms with Gasteiger partial charge in [0.25, 0.3) is 0 Å². The molecule has 7 heteroatoms. The summed E-state index contributed by atoms with van der Waals surface area (Å²) in [4.78, 5) is 19.6. The molecule has 2 aliphatic rings. The summed E-state index contributed by atoms with van der Waals surface area (Å²) >= 11 is 0. The number of aromatic amines is 1. The van der Waals surface area contributed by atoms with E-state index in [0.717, 1.165) is 28.0 Å². The van der Waals surface area contributed by atoms with Crippen molar-refractivity contribution in [2.75, 3.05) is 25.0 Å². The van der Waals surface area contributed by atoms with Gasteiger partial charge in [-0.2, -0.15) is 5.10 Å². The first kappa shape index (κ1) is 20.9. The Morgan fingerprint density at radius 3 is 2.84 bits per heavy atom. The second-order valence-corrected chi connectivity index (χ2v) is 8.84. The highest BCUT2D eigenvalue weighted by Gasteiger charge is 2.25. The van der Waals surface area contributed by atoms with Crippen LogP contribution in [-0.2, 0) is 16.0 Å². The van der Waals surface area contributed by atoms with Crippen molar-refractivity contribution in [1.82, 2.24) is 20.1 Å². The van der Waals surface area contributed by atoms with Crippen LogP contribution in [0.5, 0.6) is 0 Å². The van der Waals surface area contributed by atoms with E-state index >= 15 is 0 Å². The zero-order chi connectivity index (χ0) is 21.8. The summed E-state index contributed by atoms with van der Waals surface area (Å²) in [6.07, 6.45) is 9.03. The Bertz CT molecular complexity index is 1040. The molecule has 1 atom stereocenters. The Kier molecular flexibility index (Phi) is 6.34. The maximum Gasteiger partial charge on any atom is 0.223 e. The van der Waals surface area contributed by atoms with Crippen LogP contribution in [0.2, 0.25) is 0 Å². The maximum absolute atomic E-state index is 13.0. The van der Waals surface area contributed by atoms with E-state index in [4.69, 9.17) is 4.74 Å². The number of nitrogens with zero attached hydrogens (tertiary/aromatic N) is 3. The smallest absolute Gasteiger partial charge is 0.223 e. The summed E-state index contributed by atoms with van der Waals surface area (Å²) in [6.45, 7) is 1.81. The standard InChI is InChI=1S/C25H31N5O2/c31-23(30-15-16-32-22(17-30)18-7-3-1-4-8-18)12-11-20-24-21(29-28-20)13-14-26-25(24)27-19-9-5-2-6-10-19/h1,3-4,7-8,13-14,19,22H,2,5-6,9-12,15-17H2,(H,26,27)(H,28,29). The van der Waals surface area contributed by atoms with Crippen LogP contribution >= 0.6 is 0 Å². The van der Waals surface area contributed by atoms with E-state index in [1.54, 1.807) is 6.20 Å². The summed E-state index contributed by atoms with van der Waals surface area (Å²) in [5.74, 6) is 1.05. The minimum Gasteiger partial charge on any atom is -0.370 e. The number of aromatic nitrogens is 3. The predicted molar refractivity (Wildman–Crippen MR) is 124 cm³/mol. The van der Waals surface area contributed by atoms with Gasteiger partial charge in [-0.05, 0) is 30.9 Å². The Hall–Kier alpha value is -2.93. The number of morpholine rings is 1. The number of anilines is 1. The highest BCUT2D eigenvalue weighted by molar-refractivity contribution is 5.92. The number of fused-ring (bicyclic) bond motifs is 1. The number of hydrogen-bond acceptors (Lipinski definition) is 5. The Balaban J connectivity index is 1.25. The molecule has 1 aromatic carbocycles. The molecule has 2 fully saturated rings. The zero-order valence-corrected chi connectivity index (χ0v) is 18.4. The van der Waals surface area contributed by atoms with Crippen LogP contribution in [0, 0.1) is 0 Å². The first-order valence-corrected chi connectivity index (χ1v) is 11.8. The van der Waals surface area contributed by atoms with Crippen LogP contribution in [-0.4, -0.2) is 51.7 Å². The molecule has 1 saturated carbocycles. The lowest BCUT2D eigenvalue weighted by molar-refractivity contribution is -0.139. The number of hydrogen-bond donors (Lipinski definition) is 2. The van der Waals surface area contributed by atoms with Gasteiger partial charge < -0.3 is 15.0 Å². The average molecular weight is 434 g/mol. The van der Waals surface area contributed by atoms with Crippen LogP contribution in [0.25, 0.3) is 10.9 Å². The average Bonchev–Trinajstić information content (AvgIpc) is 3.28. The quantitative estimate of drug-likeness (QED) is 0.608. The second kappa shape index (κ2) is 9.69. The highest BCUT2D eigenvalue weighted by Crippen LogP contribution is 2.28. The van der Waals surface area contributed by atoms with Crippen LogP contribution in [0.15, 0.2) is 42.6 Å². The molecule has 1 amide bonds. The number of amides is 1. The lowest BCUT2D eigenvalue weighted by Crippen LogP contribution is -2.42. The van der Waals surface area contributed by atoms with Crippen LogP contribution in [0.1, 0.15) is 55.9 Å². The molecule has 1 aliphatic carbocycles. The van der Waals surface area contributed by atoms with Crippen molar-refractivity contribution in [1.29, 1.82) is 0 Å². The van der Waals surface area contributed by atoms with Crippen molar-refractivity contribution < 1.29 is 9.53 Å². The molecule has 5 rings (SSSR count). The highest BCUT2D eigenvalue weighted by atomic mass is 16.5. The number of pyridine rings is 1. The van der Waals surface area contributed by atoms with Gasteiger partial charge in [-0.3, -0.25) is 9.89 Å². The molecular weight excluding hydrogens is 402 g/mol. The SMILES string of the molecule is O=C(CCc1[nH]nc2ccnc(NC3CCCCC3)c12)N1CCOC(c2ccccc2)C1. The Labute approximate surface area is 188 Å². The Morgan fingerprint density at radius 2 is 2.00 bits per heavy atom. The van der Waals surface area contributed by atoms with Crippen molar-refractivity contribution in [3.8, 4) is 0 Å². The normalized spacial score (nSPS) is 19.9. The first-order valence-electron chi connectivity index (χ1n) is 11.8. The largest absolute Gasteiger partial charge is 0.370 e. The van der Waals surface area contributed by atoms with E-state index in [9.17, 15) is 4.79 Å². The van der Waals surface area contributed by atoms with E-state index in [1.165, 1.54) is 32.1 Å². The van der Waals surface area contributed by atoms with Gasteiger partial charge in [0.05, 0.1) is 24.1 Å². The minimum absolute atomic E-state index is 0.0580. The molecule has 2 aromatic heterocycles. The van der Waals surface area contributed by atoms with Gasteiger partial charge in [0, 0.05) is 30.9 Å². The van der Waals surface area contributed by atoms with Gasteiger partial charge in [0.15, 0.2) is 0 Å². The summed E-state index contributed by atoms with van der Waals surface area (Å²) < 4.78 is 5.91.